The minimum Gasteiger partial charge on any atom is -0.364 e. The molecule has 3 aromatic heterocycles. The van der Waals surface area contributed by atoms with Crippen molar-refractivity contribution in [1.29, 1.82) is 0 Å². The SMILES string of the molecule is O=[N+]([O-])c1c(NCCc2cccs2)ncnc1-n1cnc2ccccc21. The average Bonchev–Trinajstić information content (AvgIpc) is 3.31. The fourth-order valence-electron chi connectivity index (χ4n) is 2.73. The normalized spacial score (nSPS) is 10.9. The molecule has 1 aromatic carbocycles. The Morgan fingerprint density at radius 2 is 2.04 bits per heavy atom. The van der Waals surface area contributed by atoms with Gasteiger partial charge in [0.15, 0.2) is 0 Å². The van der Waals surface area contributed by atoms with Crippen LogP contribution in [0.3, 0.4) is 0 Å². The van der Waals surface area contributed by atoms with Crippen molar-refractivity contribution in [1.82, 2.24) is 19.5 Å². The minimum absolute atomic E-state index is 0.165. The van der Waals surface area contributed by atoms with Crippen LogP contribution in [0.1, 0.15) is 4.88 Å². The molecule has 0 saturated heterocycles. The molecule has 0 radical (unpaired) electrons. The van der Waals surface area contributed by atoms with E-state index >= 15 is 0 Å². The summed E-state index contributed by atoms with van der Waals surface area (Å²) >= 11 is 1.65. The van der Waals surface area contributed by atoms with Crippen LogP contribution in [-0.4, -0.2) is 31.0 Å². The van der Waals surface area contributed by atoms with Crippen molar-refractivity contribution >= 4 is 33.9 Å². The summed E-state index contributed by atoms with van der Waals surface area (Å²) in [6, 6.07) is 11.4. The Hall–Kier alpha value is -3.33. The van der Waals surface area contributed by atoms with Gasteiger partial charge in [-0.3, -0.25) is 14.7 Å². The number of hydrogen-bond donors (Lipinski definition) is 1. The zero-order valence-corrected chi connectivity index (χ0v) is 14.4. The van der Waals surface area contributed by atoms with Gasteiger partial charge in [-0.2, -0.15) is 0 Å². The second-order valence-corrected chi connectivity index (χ2v) is 6.54. The van der Waals surface area contributed by atoms with Crippen LogP contribution in [-0.2, 0) is 6.42 Å². The molecule has 8 nitrogen and oxygen atoms in total. The number of nitrogens with one attached hydrogen (secondary N) is 1. The lowest BCUT2D eigenvalue weighted by molar-refractivity contribution is -0.384. The van der Waals surface area contributed by atoms with E-state index in [1.54, 1.807) is 15.9 Å². The van der Waals surface area contributed by atoms with Gasteiger partial charge in [-0.05, 0) is 30.0 Å². The highest BCUT2D eigenvalue weighted by molar-refractivity contribution is 7.09. The number of benzene rings is 1. The topological polar surface area (TPSA) is 98.8 Å². The van der Waals surface area contributed by atoms with Gasteiger partial charge in [0, 0.05) is 11.4 Å². The molecule has 3 heterocycles. The smallest absolute Gasteiger partial charge is 0.354 e. The van der Waals surface area contributed by atoms with Crippen molar-refractivity contribution in [3.8, 4) is 5.82 Å². The van der Waals surface area contributed by atoms with Crippen LogP contribution in [0.5, 0.6) is 0 Å². The maximum absolute atomic E-state index is 11.7. The van der Waals surface area contributed by atoms with Gasteiger partial charge in [-0.1, -0.05) is 18.2 Å². The average molecular weight is 366 g/mol. The van der Waals surface area contributed by atoms with Crippen LogP contribution >= 0.6 is 11.3 Å². The van der Waals surface area contributed by atoms with Gasteiger partial charge in [-0.25, -0.2) is 15.0 Å². The lowest BCUT2D eigenvalue weighted by atomic mass is 10.3. The van der Waals surface area contributed by atoms with Gasteiger partial charge in [0.1, 0.15) is 12.7 Å². The monoisotopic (exact) mass is 366 g/mol. The number of thiophene rings is 1. The highest BCUT2D eigenvalue weighted by Gasteiger charge is 2.25. The second kappa shape index (κ2) is 6.89. The molecule has 0 aliphatic rings. The zero-order chi connectivity index (χ0) is 17.9. The number of aromatic nitrogens is 4. The Morgan fingerprint density at radius 3 is 2.85 bits per heavy atom. The number of para-hydroxylation sites is 2. The third kappa shape index (κ3) is 3.00. The number of nitrogens with zero attached hydrogens (tertiary/aromatic N) is 5. The standard InChI is InChI=1S/C17H14N6O2S/c24-23(25)15-16(18-8-7-12-4-3-9-26-12)19-10-20-17(15)22-11-21-13-5-1-2-6-14(13)22/h1-6,9-11H,7-8H2,(H,18,19,20). The van der Waals surface area contributed by atoms with Crippen LogP contribution in [0.2, 0.25) is 0 Å². The Bertz CT molecular complexity index is 1060. The van der Waals surface area contributed by atoms with Gasteiger partial charge in [0.25, 0.3) is 0 Å². The Morgan fingerprint density at radius 1 is 1.15 bits per heavy atom. The highest BCUT2D eigenvalue weighted by Crippen LogP contribution is 2.29. The summed E-state index contributed by atoms with van der Waals surface area (Å²) in [6.45, 7) is 0.544. The summed E-state index contributed by atoms with van der Waals surface area (Å²) in [7, 11) is 0. The molecule has 9 heteroatoms. The van der Waals surface area contributed by atoms with E-state index in [-0.39, 0.29) is 17.3 Å². The summed E-state index contributed by atoms with van der Waals surface area (Å²) in [4.78, 5) is 25.0. The fourth-order valence-corrected chi connectivity index (χ4v) is 3.44. The van der Waals surface area contributed by atoms with Crippen molar-refractivity contribution in [2.45, 2.75) is 6.42 Å². The molecule has 0 unspecified atom stereocenters. The van der Waals surface area contributed by atoms with Crippen molar-refractivity contribution < 1.29 is 4.92 Å². The molecule has 0 atom stereocenters. The molecule has 4 aromatic rings. The number of imidazole rings is 1. The van der Waals surface area contributed by atoms with Crippen molar-refractivity contribution in [3.05, 3.63) is 69.4 Å². The summed E-state index contributed by atoms with van der Waals surface area (Å²) in [6.07, 6.45) is 3.63. The first kappa shape index (κ1) is 16.2. The first-order valence-corrected chi connectivity index (χ1v) is 8.80. The lowest BCUT2D eigenvalue weighted by Gasteiger charge is -2.09. The number of fused-ring (bicyclic) bond motifs is 1. The molecule has 0 aliphatic carbocycles. The van der Waals surface area contributed by atoms with Crippen LogP contribution in [0.25, 0.3) is 16.9 Å². The Labute approximate surface area is 152 Å². The van der Waals surface area contributed by atoms with E-state index in [0.29, 0.717) is 6.54 Å². The molecule has 0 fully saturated rings. The van der Waals surface area contributed by atoms with Gasteiger partial charge in [0.05, 0.1) is 16.0 Å². The predicted octanol–water partition coefficient (Wildman–Crippen LogP) is 3.44. The summed E-state index contributed by atoms with van der Waals surface area (Å²) in [5.74, 6) is 0.395. The van der Waals surface area contributed by atoms with E-state index in [9.17, 15) is 10.1 Å². The van der Waals surface area contributed by atoms with E-state index in [1.807, 2.05) is 41.8 Å². The number of nitro groups is 1. The maximum atomic E-state index is 11.7. The lowest BCUT2D eigenvalue weighted by Crippen LogP contribution is -2.11. The third-order valence-corrected chi connectivity index (χ3v) is 4.85. The molecule has 0 aliphatic heterocycles. The molecule has 0 amide bonds. The molecular formula is C17H14N6O2S. The zero-order valence-electron chi connectivity index (χ0n) is 13.6. The molecule has 4 rings (SSSR count). The summed E-state index contributed by atoms with van der Waals surface area (Å²) < 4.78 is 1.61. The van der Waals surface area contributed by atoms with E-state index in [1.165, 1.54) is 17.5 Å². The molecular weight excluding hydrogens is 352 g/mol. The molecule has 130 valence electrons. The highest BCUT2D eigenvalue weighted by atomic mass is 32.1. The first-order chi connectivity index (χ1) is 12.7. The summed E-state index contributed by atoms with van der Waals surface area (Å²) in [5.41, 5.74) is 1.33. The van der Waals surface area contributed by atoms with Gasteiger partial charge in [0.2, 0.25) is 11.6 Å². The van der Waals surface area contributed by atoms with Gasteiger partial charge in [-0.15, -0.1) is 11.3 Å². The fraction of sp³-hybridized carbons (Fsp3) is 0.118. The summed E-state index contributed by atoms with van der Waals surface area (Å²) in [5, 5.41) is 16.8. The predicted molar refractivity (Wildman–Crippen MR) is 99.8 cm³/mol. The van der Waals surface area contributed by atoms with Crippen LogP contribution in [0.4, 0.5) is 11.5 Å². The van der Waals surface area contributed by atoms with Crippen molar-refractivity contribution in [3.63, 3.8) is 0 Å². The van der Waals surface area contributed by atoms with Crippen molar-refractivity contribution in [2.24, 2.45) is 0 Å². The van der Waals surface area contributed by atoms with E-state index in [4.69, 9.17) is 0 Å². The Balaban J connectivity index is 1.70. The number of rotatable bonds is 6. The van der Waals surface area contributed by atoms with Gasteiger partial charge < -0.3 is 5.32 Å². The van der Waals surface area contributed by atoms with E-state index in [0.717, 1.165) is 17.5 Å². The quantitative estimate of drug-likeness (QED) is 0.414. The molecule has 26 heavy (non-hydrogen) atoms. The van der Waals surface area contributed by atoms with Crippen LogP contribution in [0.15, 0.2) is 54.4 Å². The molecule has 0 saturated carbocycles. The first-order valence-electron chi connectivity index (χ1n) is 7.92. The van der Waals surface area contributed by atoms with Crippen molar-refractivity contribution in [2.75, 3.05) is 11.9 Å². The molecule has 1 N–H and O–H groups in total. The van der Waals surface area contributed by atoms with E-state index in [2.05, 4.69) is 20.3 Å². The molecule has 0 bridgehead atoms. The number of anilines is 1. The van der Waals surface area contributed by atoms with E-state index < -0.39 is 4.92 Å². The largest absolute Gasteiger partial charge is 0.364 e. The number of hydrogen-bond acceptors (Lipinski definition) is 7. The third-order valence-electron chi connectivity index (χ3n) is 3.91. The molecule has 0 spiro atoms. The van der Waals surface area contributed by atoms with Crippen LogP contribution < -0.4 is 5.32 Å². The second-order valence-electron chi connectivity index (χ2n) is 5.51. The van der Waals surface area contributed by atoms with Crippen LogP contribution in [0, 0.1) is 10.1 Å². The Kier molecular flexibility index (Phi) is 4.28. The van der Waals surface area contributed by atoms with Gasteiger partial charge >= 0.3 is 5.69 Å². The maximum Gasteiger partial charge on any atom is 0.354 e. The minimum atomic E-state index is -0.461.